The van der Waals surface area contributed by atoms with Gasteiger partial charge >= 0.3 is 0 Å². The summed E-state index contributed by atoms with van der Waals surface area (Å²) in [6.45, 7) is 6.78. The van der Waals surface area contributed by atoms with E-state index < -0.39 is 0 Å². The van der Waals surface area contributed by atoms with E-state index in [0.29, 0.717) is 12.6 Å². The van der Waals surface area contributed by atoms with Gasteiger partial charge in [-0.25, -0.2) is 9.37 Å². The van der Waals surface area contributed by atoms with Crippen LogP contribution in [0.1, 0.15) is 25.0 Å². The highest BCUT2D eigenvalue weighted by Gasteiger charge is 2.12. The first-order chi connectivity index (χ1) is 9.97. The maximum absolute atomic E-state index is 13.5. The summed E-state index contributed by atoms with van der Waals surface area (Å²) in [5.74, 6) is 0.465. The van der Waals surface area contributed by atoms with E-state index in [9.17, 15) is 4.39 Å². The molecule has 3 nitrogen and oxygen atoms in total. The van der Waals surface area contributed by atoms with Crippen LogP contribution < -0.4 is 10.2 Å². The van der Waals surface area contributed by atoms with Crippen molar-refractivity contribution in [3.8, 4) is 0 Å². The number of rotatable bonds is 5. The van der Waals surface area contributed by atoms with Crippen molar-refractivity contribution in [3.63, 3.8) is 0 Å². The second-order valence-electron chi connectivity index (χ2n) is 5.57. The van der Waals surface area contributed by atoms with E-state index in [1.165, 1.54) is 11.8 Å². The first-order valence-corrected chi connectivity index (χ1v) is 7.15. The minimum atomic E-state index is -0.308. The van der Waals surface area contributed by atoms with Gasteiger partial charge in [0.25, 0.3) is 0 Å². The normalized spacial score (nSPS) is 11.0. The first-order valence-electron chi connectivity index (χ1n) is 7.15. The van der Waals surface area contributed by atoms with Crippen LogP contribution in [0.4, 0.5) is 15.9 Å². The molecule has 0 aliphatic rings. The van der Waals surface area contributed by atoms with E-state index in [4.69, 9.17) is 0 Å². The molecule has 0 fully saturated rings. The average molecular weight is 287 g/mol. The second kappa shape index (κ2) is 6.68. The largest absolute Gasteiger partial charge is 0.329 e. The van der Waals surface area contributed by atoms with Crippen LogP contribution in [0.25, 0.3) is 0 Å². The summed E-state index contributed by atoms with van der Waals surface area (Å²) in [6, 6.07) is 10.1. The van der Waals surface area contributed by atoms with Crippen molar-refractivity contribution >= 4 is 11.5 Å². The number of pyridine rings is 1. The van der Waals surface area contributed by atoms with Crippen LogP contribution in [0.15, 0.2) is 36.5 Å². The minimum Gasteiger partial charge on any atom is -0.329 e. The van der Waals surface area contributed by atoms with Crippen molar-refractivity contribution in [2.24, 2.45) is 0 Å². The van der Waals surface area contributed by atoms with Gasteiger partial charge in [-0.05, 0) is 30.7 Å². The molecule has 2 aromatic rings. The van der Waals surface area contributed by atoms with Crippen molar-refractivity contribution in [1.82, 2.24) is 10.3 Å². The zero-order chi connectivity index (χ0) is 15.4. The fourth-order valence-electron chi connectivity index (χ4n) is 2.18. The molecule has 0 amide bonds. The molecule has 1 heterocycles. The van der Waals surface area contributed by atoms with Crippen molar-refractivity contribution in [2.75, 3.05) is 11.9 Å². The third-order valence-electron chi connectivity index (χ3n) is 3.32. The van der Waals surface area contributed by atoms with Gasteiger partial charge in [-0.3, -0.25) is 0 Å². The number of hydrogen-bond donors (Lipinski definition) is 1. The van der Waals surface area contributed by atoms with Crippen LogP contribution in [-0.4, -0.2) is 18.1 Å². The van der Waals surface area contributed by atoms with Crippen LogP contribution in [0.3, 0.4) is 0 Å². The molecule has 4 heteroatoms. The van der Waals surface area contributed by atoms with E-state index in [1.54, 1.807) is 6.07 Å². The van der Waals surface area contributed by atoms with Gasteiger partial charge in [-0.15, -0.1) is 0 Å². The molecule has 0 unspecified atom stereocenters. The number of aryl methyl sites for hydroxylation is 1. The highest BCUT2D eigenvalue weighted by molar-refractivity contribution is 5.62. The minimum absolute atomic E-state index is 0.308. The number of nitrogens with one attached hydrogen (secondary N) is 1. The number of halogens is 1. The maximum Gasteiger partial charge on any atom is 0.141 e. The standard InChI is InChI=1S/C17H22FN3/c1-12(2)19-10-14-9-15(18)11-20-17(14)21(4)16-7-5-6-13(3)8-16/h5-9,11-12,19H,10H2,1-4H3. The predicted octanol–water partition coefficient (Wildman–Crippen LogP) is 3.80. The Kier molecular flexibility index (Phi) is 4.91. The number of benzene rings is 1. The molecule has 1 aromatic heterocycles. The molecule has 2 rings (SSSR count). The summed E-state index contributed by atoms with van der Waals surface area (Å²) < 4.78 is 13.5. The predicted molar refractivity (Wildman–Crippen MR) is 85.4 cm³/mol. The molecule has 0 spiro atoms. The van der Waals surface area contributed by atoms with Gasteiger partial charge in [0.15, 0.2) is 0 Å². The number of anilines is 2. The Morgan fingerprint density at radius 2 is 2.05 bits per heavy atom. The molecule has 0 saturated carbocycles. The Balaban J connectivity index is 2.33. The summed E-state index contributed by atoms with van der Waals surface area (Å²) in [6.07, 6.45) is 1.26. The van der Waals surface area contributed by atoms with Gasteiger partial charge < -0.3 is 10.2 Å². The Hall–Kier alpha value is -1.94. The van der Waals surface area contributed by atoms with Crippen molar-refractivity contribution < 1.29 is 4.39 Å². The molecule has 0 bridgehead atoms. The van der Waals surface area contributed by atoms with E-state index in [1.807, 2.05) is 24.1 Å². The third kappa shape index (κ3) is 4.02. The van der Waals surface area contributed by atoms with Crippen LogP contribution in [0.2, 0.25) is 0 Å². The molecular weight excluding hydrogens is 265 g/mol. The first kappa shape index (κ1) is 15.4. The summed E-state index contributed by atoms with van der Waals surface area (Å²) in [5, 5.41) is 3.31. The van der Waals surface area contributed by atoms with Crippen molar-refractivity contribution in [2.45, 2.75) is 33.4 Å². The molecular formula is C17H22FN3. The quantitative estimate of drug-likeness (QED) is 0.906. The highest BCUT2D eigenvalue weighted by atomic mass is 19.1. The van der Waals surface area contributed by atoms with Crippen molar-refractivity contribution in [3.05, 3.63) is 53.5 Å². The third-order valence-corrected chi connectivity index (χ3v) is 3.32. The molecule has 0 radical (unpaired) electrons. The lowest BCUT2D eigenvalue weighted by molar-refractivity contribution is 0.578. The van der Waals surface area contributed by atoms with Crippen molar-refractivity contribution in [1.29, 1.82) is 0 Å². The Bertz CT molecular complexity index is 611. The Morgan fingerprint density at radius 3 is 2.71 bits per heavy atom. The van der Waals surface area contributed by atoms with Crippen LogP contribution in [0, 0.1) is 12.7 Å². The van der Waals surface area contributed by atoms with Crippen LogP contribution in [-0.2, 0) is 6.54 Å². The maximum atomic E-state index is 13.5. The number of aromatic nitrogens is 1. The second-order valence-corrected chi connectivity index (χ2v) is 5.57. The van der Waals surface area contributed by atoms with Gasteiger partial charge in [0, 0.05) is 30.9 Å². The van der Waals surface area contributed by atoms with E-state index in [2.05, 4.69) is 43.2 Å². The lowest BCUT2D eigenvalue weighted by atomic mass is 10.2. The Labute approximate surface area is 125 Å². The topological polar surface area (TPSA) is 28.2 Å². The smallest absolute Gasteiger partial charge is 0.141 e. The fraction of sp³-hybridized carbons (Fsp3) is 0.353. The summed E-state index contributed by atoms with van der Waals surface area (Å²) in [4.78, 5) is 6.26. The fourth-order valence-corrected chi connectivity index (χ4v) is 2.18. The zero-order valence-electron chi connectivity index (χ0n) is 13.0. The molecule has 0 atom stereocenters. The van der Waals surface area contributed by atoms with Gasteiger partial charge in [-0.2, -0.15) is 0 Å². The molecule has 0 saturated heterocycles. The molecule has 1 N–H and O–H groups in total. The van der Waals surface area contributed by atoms with Crippen LogP contribution in [0.5, 0.6) is 0 Å². The molecule has 112 valence electrons. The van der Waals surface area contributed by atoms with E-state index >= 15 is 0 Å². The molecule has 1 aromatic carbocycles. The lowest BCUT2D eigenvalue weighted by Gasteiger charge is -2.22. The molecule has 0 aliphatic heterocycles. The SMILES string of the molecule is Cc1cccc(N(C)c2ncc(F)cc2CNC(C)C)c1. The van der Waals surface area contributed by atoms with E-state index in [-0.39, 0.29) is 5.82 Å². The average Bonchev–Trinajstić information content (AvgIpc) is 2.44. The monoisotopic (exact) mass is 287 g/mol. The number of hydrogen-bond acceptors (Lipinski definition) is 3. The lowest BCUT2D eigenvalue weighted by Crippen LogP contribution is -2.24. The summed E-state index contributed by atoms with van der Waals surface area (Å²) in [7, 11) is 1.95. The molecule has 21 heavy (non-hydrogen) atoms. The van der Waals surface area contributed by atoms with Gasteiger partial charge in [0.2, 0.25) is 0 Å². The van der Waals surface area contributed by atoms with Gasteiger partial charge in [0.05, 0.1) is 6.20 Å². The van der Waals surface area contributed by atoms with Gasteiger partial charge in [-0.1, -0.05) is 26.0 Å². The number of nitrogens with zero attached hydrogens (tertiary/aromatic N) is 2. The molecule has 0 aliphatic carbocycles. The summed E-state index contributed by atoms with van der Waals surface area (Å²) in [5.41, 5.74) is 3.08. The summed E-state index contributed by atoms with van der Waals surface area (Å²) >= 11 is 0. The van der Waals surface area contributed by atoms with Gasteiger partial charge in [0.1, 0.15) is 11.6 Å². The van der Waals surface area contributed by atoms with Crippen LogP contribution >= 0.6 is 0 Å². The highest BCUT2D eigenvalue weighted by Crippen LogP contribution is 2.26. The zero-order valence-corrected chi connectivity index (χ0v) is 13.0. The van der Waals surface area contributed by atoms with E-state index in [0.717, 1.165) is 17.1 Å². The Morgan fingerprint density at radius 1 is 1.29 bits per heavy atom.